The van der Waals surface area contributed by atoms with Gasteiger partial charge in [0.25, 0.3) is 0 Å². The number of carbonyl (C=O) groups excluding carboxylic acids is 1. The van der Waals surface area contributed by atoms with Crippen LogP contribution in [0.5, 0.6) is 0 Å². The van der Waals surface area contributed by atoms with Gasteiger partial charge in [-0.05, 0) is 19.8 Å². The quantitative estimate of drug-likeness (QED) is 0.718. The average molecular weight is 186 g/mol. The Hall–Kier alpha value is -0.860. The molecule has 1 fully saturated rings. The van der Waals surface area contributed by atoms with E-state index in [1.807, 2.05) is 13.8 Å². The van der Waals surface area contributed by atoms with Crippen LogP contribution in [0.4, 0.5) is 0 Å². The Balaban J connectivity index is 0.000000671. The molecule has 1 aliphatic rings. The molecule has 1 saturated carbocycles. The van der Waals surface area contributed by atoms with Gasteiger partial charge in [-0.25, -0.2) is 0 Å². The fourth-order valence-electron chi connectivity index (χ4n) is 1.74. The van der Waals surface area contributed by atoms with Gasteiger partial charge in [0, 0.05) is 5.92 Å². The maximum Gasteiger partial charge on any atom is 0.307 e. The number of hydrogen-bond donors (Lipinski definition) is 1. The lowest BCUT2D eigenvalue weighted by Gasteiger charge is -2.10. The summed E-state index contributed by atoms with van der Waals surface area (Å²) in [6.07, 6.45) is 2.30. The van der Waals surface area contributed by atoms with Crippen molar-refractivity contribution in [1.82, 2.24) is 0 Å². The Kier molecular flexibility index (Phi) is 5.35. The third kappa shape index (κ3) is 3.17. The molecule has 2 unspecified atom stereocenters. The number of rotatable bonds is 2. The van der Waals surface area contributed by atoms with Crippen LogP contribution in [0.3, 0.4) is 0 Å². The molecule has 0 heterocycles. The highest BCUT2D eigenvalue weighted by atomic mass is 16.4. The van der Waals surface area contributed by atoms with Crippen molar-refractivity contribution in [2.75, 3.05) is 0 Å². The summed E-state index contributed by atoms with van der Waals surface area (Å²) in [7, 11) is 0. The summed E-state index contributed by atoms with van der Waals surface area (Å²) >= 11 is 0. The molecule has 0 aromatic carbocycles. The molecule has 76 valence electrons. The minimum Gasteiger partial charge on any atom is -0.481 e. The van der Waals surface area contributed by atoms with Gasteiger partial charge in [-0.1, -0.05) is 20.3 Å². The SMILES string of the molecule is CC.CC(=O)C1CCCC1C(=O)O. The summed E-state index contributed by atoms with van der Waals surface area (Å²) in [5.41, 5.74) is 0. The van der Waals surface area contributed by atoms with Crippen molar-refractivity contribution in [3.63, 3.8) is 0 Å². The molecule has 1 rings (SSSR count). The number of Topliss-reactive ketones (excluding diaryl/α,β-unsaturated/α-hetero) is 1. The number of aliphatic carboxylic acids is 1. The zero-order valence-corrected chi connectivity index (χ0v) is 8.54. The van der Waals surface area contributed by atoms with E-state index in [4.69, 9.17) is 5.11 Å². The van der Waals surface area contributed by atoms with E-state index in [1.54, 1.807) is 0 Å². The maximum absolute atomic E-state index is 10.9. The number of carboxylic acids is 1. The second-order valence-electron chi connectivity index (χ2n) is 3.09. The van der Waals surface area contributed by atoms with Crippen molar-refractivity contribution in [2.24, 2.45) is 11.8 Å². The van der Waals surface area contributed by atoms with Crippen molar-refractivity contribution < 1.29 is 14.7 Å². The van der Waals surface area contributed by atoms with Crippen molar-refractivity contribution in [2.45, 2.75) is 40.0 Å². The highest BCUT2D eigenvalue weighted by Gasteiger charge is 2.35. The minimum absolute atomic E-state index is 0.0231. The molecule has 0 spiro atoms. The summed E-state index contributed by atoms with van der Waals surface area (Å²) in [6, 6.07) is 0. The fourth-order valence-corrected chi connectivity index (χ4v) is 1.74. The van der Waals surface area contributed by atoms with Gasteiger partial charge in [-0.3, -0.25) is 9.59 Å². The third-order valence-electron chi connectivity index (χ3n) is 2.36. The molecular weight excluding hydrogens is 168 g/mol. The van der Waals surface area contributed by atoms with Crippen molar-refractivity contribution in [3.05, 3.63) is 0 Å². The first-order valence-electron chi connectivity index (χ1n) is 4.86. The van der Waals surface area contributed by atoms with Crippen molar-refractivity contribution >= 4 is 11.8 Å². The first kappa shape index (κ1) is 12.1. The molecule has 0 aliphatic heterocycles. The van der Waals surface area contributed by atoms with Crippen LogP contribution in [0.1, 0.15) is 40.0 Å². The lowest BCUT2D eigenvalue weighted by atomic mass is 9.93. The van der Waals surface area contributed by atoms with E-state index < -0.39 is 11.9 Å². The Bertz CT molecular complexity index is 167. The Morgan fingerprint density at radius 2 is 1.62 bits per heavy atom. The first-order valence-corrected chi connectivity index (χ1v) is 4.86. The monoisotopic (exact) mass is 186 g/mol. The normalized spacial score (nSPS) is 26.1. The third-order valence-corrected chi connectivity index (χ3v) is 2.36. The summed E-state index contributed by atoms with van der Waals surface area (Å²) in [4.78, 5) is 21.5. The van der Waals surface area contributed by atoms with Crippen LogP contribution in [0, 0.1) is 11.8 Å². The van der Waals surface area contributed by atoms with Gasteiger partial charge in [0.2, 0.25) is 0 Å². The Morgan fingerprint density at radius 3 is 1.92 bits per heavy atom. The molecule has 0 aromatic rings. The number of hydrogen-bond acceptors (Lipinski definition) is 2. The number of ketones is 1. The predicted molar refractivity (Wildman–Crippen MR) is 50.5 cm³/mol. The van der Waals surface area contributed by atoms with E-state index in [2.05, 4.69) is 0 Å². The standard InChI is InChI=1S/C8H12O3.C2H6/c1-5(9)6-3-2-4-7(6)8(10)11;1-2/h6-7H,2-4H2,1H3,(H,10,11);1-2H3. The van der Waals surface area contributed by atoms with E-state index in [0.717, 1.165) is 12.8 Å². The average Bonchev–Trinajstić information content (AvgIpc) is 2.55. The van der Waals surface area contributed by atoms with Gasteiger partial charge in [-0.2, -0.15) is 0 Å². The van der Waals surface area contributed by atoms with Gasteiger partial charge >= 0.3 is 5.97 Å². The van der Waals surface area contributed by atoms with Gasteiger partial charge in [0.05, 0.1) is 5.92 Å². The van der Waals surface area contributed by atoms with E-state index in [0.29, 0.717) is 6.42 Å². The van der Waals surface area contributed by atoms with E-state index in [9.17, 15) is 9.59 Å². The first-order chi connectivity index (χ1) is 6.13. The largest absolute Gasteiger partial charge is 0.481 e. The van der Waals surface area contributed by atoms with Crippen LogP contribution in [-0.2, 0) is 9.59 Å². The summed E-state index contributed by atoms with van der Waals surface area (Å²) in [5.74, 6) is -1.42. The zero-order valence-electron chi connectivity index (χ0n) is 8.54. The fraction of sp³-hybridized carbons (Fsp3) is 0.800. The molecule has 0 aromatic heterocycles. The number of carboxylic acid groups (broad SMARTS) is 1. The lowest BCUT2D eigenvalue weighted by molar-refractivity contribution is -0.145. The van der Waals surface area contributed by atoms with Crippen LogP contribution in [-0.4, -0.2) is 16.9 Å². The van der Waals surface area contributed by atoms with Gasteiger partial charge in [-0.15, -0.1) is 0 Å². The minimum atomic E-state index is -0.817. The molecule has 0 radical (unpaired) electrons. The van der Waals surface area contributed by atoms with Gasteiger partial charge in [0.1, 0.15) is 5.78 Å². The Morgan fingerprint density at radius 1 is 1.15 bits per heavy atom. The number of carbonyl (C=O) groups is 2. The van der Waals surface area contributed by atoms with Crippen LogP contribution in [0.25, 0.3) is 0 Å². The van der Waals surface area contributed by atoms with E-state index in [-0.39, 0.29) is 11.7 Å². The van der Waals surface area contributed by atoms with Crippen LogP contribution >= 0.6 is 0 Å². The second-order valence-corrected chi connectivity index (χ2v) is 3.09. The van der Waals surface area contributed by atoms with Crippen molar-refractivity contribution in [3.8, 4) is 0 Å². The predicted octanol–water partition coefficient (Wildman–Crippen LogP) is 2.10. The molecule has 0 amide bonds. The zero-order chi connectivity index (χ0) is 10.4. The molecule has 13 heavy (non-hydrogen) atoms. The Labute approximate surface area is 79.1 Å². The molecule has 2 atom stereocenters. The maximum atomic E-state index is 10.9. The highest BCUT2D eigenvalue weighted by molar-refractivity contribution is 5.84. The molecule has 0 bridgehead atoms. The second kappa shape index (κ2) is 5.73. The van der Waals surface area contributed by atoms with E-state index >= 15 is 0 Å². The van der Waals surface area contributed by atoms with Crippen molar-refractivity contribution in [1.29, 1.82) is 0 Å². The molecule has 1 N–H and O–H groups in total. The topological polar surface area (TPSA) is 54.4 Å². The van der Waals surface area contributed by atoms with E-state index in [1.165, 1.54) is 6.92 Å². The lowest BCUT2D eigenvalue weighted by Crippen LogP contribution is -2.23. The van der Waals surface area contributed by atoms with Gasteiger partial charge in [0.15, 0.2) is 0 Å². The smallest absolute Gasteiger partial charge is 0.307 e. The molecule has 3 heteroatoms. The summed E-state index contributed by atoms with van der Waals surface area (Å²) in [5, 5.41) is 8.68. The molecular formula is C10H18O3. The van der Waals surface area contributed by atoms with Crippen LogP contribution in [0.2, 0.25) is 0 Å². The van der Waals surface area contributed by atoms with Crippen LogP contribution in [0.15, 0.2) is 0 Å². The van der Waals surface area contributed by atoms with Crippen LogP contribution < -0.4 is 0 Å². The molecule has 3 nitrogen and oxygen atoms in total. The van der Waals surface area contributed by atoms with Gasteiger partial charge < -0.3 is 5.11 Å². The summed E-state index contributed by atoms with van der Waals surface area (Å²) in [6.45, 7) is 5.48. The highest BCUT2D eigenvalue weighted by Crippen LogP contribution is 2.32. The molecule has 0 saturated heterocycles. The summed E-state index contributed by atoms with van der Waals surface area (Å²) < 4.78 is 0. The molecule has 1 aliphatic carbocycles.